The molecule has 1 atom stereocenters. The van der Waals surface area contributed by atoms with Crippen molar-refractivity contribution in [2.24, 2.45) is 0 Å². The molecule has 0 saturated carbocycles. The summed E-state index contributed by atoms with van der Waals surface area (Å²) in [5.74, 6) is -0.206. The molecule has 2 aromatic carbocycles. The van der Waals surface area contributed by atoms with Gasteiger partial charge >= 0.3 is 5.97 Å². The molecule has 0 aliphatic carbocycles. The molecule has 1 heterocycles. The number of anilines is 2. The molecule has 29 heavy (non-hydrogen) atoms. The minimum absolute atomic E-state index is 0.00758. The van der Waals surface area contributed by atoms with Crippen molar-refractivity contribution in [3.8, 4) is 11.5 Å². The molecule has 8 nitrogen and oxygen atoms in total. The van der Waals surface area contributed by atoms with Crippen molar-refractivity contribution in [1.82, 2.24) is 0 Å². The number of hydrogen-bond acceptors (Lipinski definition) is 7. The highest BCUT2D eigenvalue weighted by molar-refractivity contribution is 6.23. The van der Waals surface area contributed by atoms with Crippen LogP contribution in [0.15, 0.2) is 42.5 Å². The normalized spacial score (nSPS) is 16.0. The number of nitrogens with one attached hydrogen (secondary N) is 1. The van der Waals surface area contributed by atoms with Crippen LogP contribution in [0.5, 0.6) is 11.5 Å². The number of ether oxygens (including phenoxy) is 3. The Bertz CT molecular complexity index is 925. The smallest absolute Gasteiger partial charge is 0.338 e. The minimum Gasteiger partial charge on any atom is -0.497 e. The first kappa shape index (κ1) is 20.2. The van der Waals surface area contributed by atoms with E-state index in [0.717, 1.165) is 4.90 Å². The van der Waals surface area contributed by atoms with Crippen molar-refractivity contribution in [3.63, 3.8) is 0 Å². The van der Waals surface area contributed by atoms with E-state index in [-0.39, 0.29) is 18.2 Å². The first-order valence-corrected chi connectivity index (χ1v) is 9.11. The summed E-state index contributed by atoms with van der Waals surface area (Å²) in [5, 5.41) is 3.05. The number of nitrogens with zero attached hydrogens (tertiary/aromatic N) is 1. The zero-order valence-corrected chi connectivity index (χ0v) is 16.4. The highest BCUT2D eigenvalue weighted by Crippen LogP contribution is 2.35. The molecular weight excluding hydrogens is 376 g/mol. The number of methoxy groups -OCH3 is 2. The second kappa shape index (κ2) is 8.64. The van der Waals surface area contributed by atoms with Crippen molar-refractivity contribution in [1.29, 1.82) is 0 Å². The second-order valence-corrected chi connectivity index (χ2v) is 6.30. The lowest BCUT2D eigenvalue weighted by molar-refractivity contribution is -0.121. The van der Waals surface area contributed by atoms with Gasteiger partial charge in [-0.2, -0.15) is 0 Å². The number of benzene rings is 2. The lowest BCUT2D eigenvalue weighted by Crippen LogP contribution is -2.35. The largest absolute Gasteiger partial charge is 0.497 e. The first-order chi connectivity index (χ1) is 14.0. The predicted molar refractivity (Wildman–Crippen MR) is 106 cm³/mol. The predicted octanol–water partition coefficient (Wildman–Crippen LogP) is 2.62. The van der Waals surface area contributed by atoms with Crippen LogP contribution in [0, 0.1) is 0 Å². The topological polar surface area (TPSA) is 94.2 Å². The Hall–Kier alpha value is -3.55. The third-order valence-corrected chi connectivity index (χ3v) is 4.51. The molecule has 1 saturated heterocycles. The van der Waals surface area contributed by atoms with Crippen molar-refractivity contribution in [2.75, 3.05) is 31.0 Å². The van der Waals surface area contributed by atoms with Crippen molar-refractivity contribution in [3.05, 3.63) is 48.0 Å². The summed E-state index contributed by atoms with van der Waals surface area (Å²) < 4.78 is 15.4. The lowest BCUT2D eigenvalue weighted by Gasteiger charge is -2.19. The molecule has 0 spiro atoms. The molecule has 1 unspecified atom stereocenters. The van der Waals surface area contributed by atoms with E-state index in [4.69, 9.17) is 14.2 Å². The van der Waals surface area contributed by atoms with Crippen LogP contribution in [0.1, 0.15) is 23.7 Å². The van der Waals surface area contributed by atoms with Gasteiger partial charge in [-0.25, -0.2) is 9.69 Å². The van der Waals surface area contributed by atoms with Crippen LogP contribution in [0.25, 0.3) is 0 Å². The van der Waals surface area contributed by atoms with Gasteiger partial charge in [-0.05, 0) is 43.3 Å². The highest BCUT2D eigenvalue weighted by atomic mass is 16.5. The third-order valence-electron chi connectivity index (χ3n) is 4.51. The number of esters is 1. The summed E-state index contributed by atoms with van der Waals surface area (Å²) in [6.45, 7) is 2.03. The van der Waals surface area contributed by atoms with Crippen LogP contribution in [-0.2, 0) is 14.3 Å². The zero-order chi connectivity index (χ0) is 21.0. The molecule has 3 rings (SSSR count). The van der Waals surface area contributed by atoms with E-state index in [1.54, 1.807) is 49.4 Å². The maximum Gasteiger partial charge on any atom is 0.338 e. The number of carbonyl (C=O) groups is 3. The summed E-state index contributed by atoms with van der Waals surface area (Å²) in [5.41, 5.74) is 1.40. The number of carbonyl (C=O) groups excluding carboxylic acids is 3. The van der Waals surface area contributed by atoms with Crippen molar-refractivity contribution < 1.29 is 28.6 Å². The van der Waals surface area contributed by atoms with Crippen LogP contribution in [0.3, 0.4) is 0 Å². The monoisotopic (exact) mass is 398 g/mol. The molecule has 152 valence electrons. The standard InChI is InChI=1S/C21H22N2O6/c1-4-29-21(26)13-5-7-14(8-6-13)22-16-12-19(24)23(20(16)25)17-10-9-15(27-2)11-18(17)28-3/h5-11,16,22H,4,12H2,1-3H3. The van der Waals surface area contributed by atoms with Gasteiger partial charge in [0.1, 0.15) is 17.5 Å². The summed E-state index contributed by atoms with van der Waals surface area (Å²) in [7, 11) is 2.98. The molecule has 0 radical (unpaired) electrons. The number of amides is 2. The highest BCUT2D eigenvalue weighted by Gasteiger charge is 2.40. The Morgan fingerprint density at radius 1 is 1.10 bits per heavy atom. The average Bonchev–Trinajstić information content (AvgIpc) is 3.01. The molecule has 1 aliphatic rings. The van der Waals surface area contributed by atoms with Crippen LogP contribution in [-0.4, -0.2) is 44.7 Å². The van der Waals surface area contributed by atoms with E-state index < -0.39 is 12.0 Å². The maximum atomic E-state index is 12.9. The molecule has 1 fully saturated rings. The maximum absolute atomic E-state index is 12.9. The third kappa shape index (κ3) is 4.16. The number of hydrogen-bond donors (Lipinski definition) is 1. The van der Waals surface area contributed by atoms with Gasteiger partial charge in [0.05, 0.1) is 38.5 Å². The lowest BCUT2D eigenvalue weighted by atomic mass is 10.2. The summed E-state index contributed by atoms with van der Waals surface area (Å²) in [6, 6.07) is 10.7. The van der Waals surface area contributed by atoms with E-state index in [2.05, 4.69) is 5.32 Å². The molecule has 2 amide bonds. The molecule has 2 aromatic rings. The Morgan fingerprint density at radius 2 is 1.83 bits per heavy atom. The van der Waals surface area contributed by atoms with Crippen LogP contribution < -0.4 is 19.7 Å². The molecule has 0 bridgehead atoms. The van der Waals surface area contributed by atoms with Gasteiger partial charge < -0.3 is 19.5 Å². The summed E-state index contributed by atoms with van der Waals surface area (Å²) in [6.07, 6.45) is 0.00758. The van der Waals surface area contributed by atoms with Gasteiger partial charge in [-0.1, -0.05) is 0 Å². The Morgan fingerprint density at radius 3 is 2.45 bits per heavy atom. The fourth-order valence-electron chi connectivity index (χ4n) is 3.09. The van der Waals surface area contributed by atoms with Gasteiger partial charge in [0.15, 0.2) is 0 Å². The number of rotatable bonds is 7. The van der Waals surface area contributed by atoms with Gasteiger partial charge in [-0.3, -0.25) is 9.59 Å². The van der Waals surface area contributed by atoms with Gasteiger partial charge in [-0.15, -0.1) is 0 Å². The summed E-state index contributed by atoms with van der Waals surface area (Å²) >= 11 is 0. The second-order valence-electron chi connectivity index (χ2n) is 6.30. The Kier molecular flexibility index (Phi) is 6.01. The van der Waals surface area contributed by atoms with E-state index in [1.807, 2.05) is 0 Å². The van der Waals surface area contributed by atoms with Crippen LogP contribution in [0.4, 0.5) is 11.4 Å². The van der Waals surface area contributed by atoms with E-state index in [1.165, 1.54) is 14.2 Å². The first-order valence-electron chi connectivity index (χ1n) is 9.11. The quantitative estimate of drug-likeness (QED) is 0.566. The van der Waals surface area contributed by atoms with Crippen molar-refractivity contribution in [2.45, 2.75) is 19.4 Å². The van der Waals surface area contributed by atoms with Crippen LogP contribution >= 0.6 is 0 Å². The molecular formula is C21H22N2O6. The Labute approximate surface area is 168 Å². The Balaban J connectivity index is 1.76. The van der Waals surface area contributed by atoms with E-state index in [0.29, 0.717) is 35.0 Å². The summed E-state index contributed by atoms with van der Waals surface area (Å²) in [4.78, 5) is 38.3. The fourth-order valence-corrected chi connectivity index (χ4v) is 3.09. The van der Waals surface area contributed by atoms with Crippen molar-refractivity contribution >= 4 is 29.2 Å². The molecule has 1 aliphatic heterocycles. The van der Waals surface area contributed by atoms with Crippen LogP contribution in [0.2, 0.25) is 0 Å². The van der Waals surface area contributed by atoms with E-state index >= 15 is 0 Å². The molecule has 0 aromatic heterocycles. The fraction of sp³-hybridized carbons (Fsp3) is 0.286. The van der Waals surface area contributed by atoms with Gasteiger partial charge in [0, 0.05) is 11.8 Å². The van der Waals surface area contributed by atoms with E-state index in [9.17, 15) is 14.4 Å². The minimum atomic E-state index is -0.720. The SMILES string of the molecule is CCOC(=O)c1ccc(NC2CC(=O)N(c3ccc(OC)cc3OC)C2=O)cc1. The van der Waals surface area contributed by atoms with Gasteiger partial charge in [0.2, 0.25) is 5.91 Å². The van der Waals surface area contributed by atoms with Gasteiger partial charge in [0.25, 0.3) is 5.91 Å². The molecule has 8 heteroatoms. The average molecular weight is 398 g/mol. The molecule has 1 N–H and O–H groups in total. The zero-order valence-electron chi connectivity index (χ0n) is 16.4. The number of imide groups is 1.